The third kappa shape index (κ3) is 3.73. The van der Waals surface area contributed by atoms with Gasteiger partial charge in [0.05, 0.1) is 13.2 Å². The number of piperidine rings is 1. The summed E-state index contributed by atoms with van der Waals surface area (Å²) in [7, 11) is 0. The van der Waals surface area contributed by atoms with Crippen LogP contribution in [0.3, 0.4) is 0 Å². The van der Waals surface area contributed by atoms with E-state index in [2.05, 4.69) is 12.3 Å². The van der Waals surface area contributed by atoms with E-state index in [1.165, 1.54) is 5.56 Å². The van der Waals surface area contributed by atoms with E-state index in [-0.39, 0.29) is 12.7 Å². The van der Waals surface area contributed by atoms with Crippen molar-refractivity contribution < 1.29 is 14.6 Å². The van der Waals surface area contributed by atoms with Crippen LogP contribution in [0.1, 0.15) is 49.7 Å². The van der Waals surface area contributed by atoms with Crippen molar-refractivity contribution in [2.24, 2.45) is 0 Å². The van der Waals surface area contributed by atoms with E-state index < -0.39 is 0 Å². The van der Waals surface area contributed by atoms with Crippen molar-refractivity contribution in [2.45, 2.75) is 45.1 Å². The number of hydrogen-bond donors (Lipinski definition) is 1. The Hall–Kier alpha value is -1.07. The zero-order chi connectivity index (χ0) is 14.4. The molecule has 0 atom stereocenters. The number of carbonyl (C=O) groups is 1. The molecule has 1 amide bonds. The van der Waals surface area contributed by atoms with Crippen molar-refractivity contribution in [1.29, 1.82) is 0 Å². The standard InChI is InChI=1S/C15H23NO3S/c1-2-3-8-19-15(18)16-6-4-12(5-7-16)14-11-20-10-13(14)9-17/h10-12,17H,2-9H2,1H3. The average Bonchev–Trinajstić information content (AvgIpc) is 2.96. The molecule has 1 aromatic heterocycles. The molecule has 2 rings (SSSR count). The number of carbonyl (C=O) groups excluding carboxylic acids is 1. The van der Waals surface area contributed by atoms with E-state index in [0.29, 0.717) is 12.5 Å². The van der Waals surface area contributed by atoms with Gasteiger partial charge in [0.15, 0.2) is 0 Å². The predicted molar refractivity (Wildman–Crippen MR) is 80.0 cm³/mol. The highest BCUT2D eigenvalue weighted by atomic mass is 32.1. The van der Waals surface area contributed by atoms with Gasteiger partial charge in [0, 0.05) is 13.1 Å². The maximum atomic E-state index is 11.9. The molecule has 1 fully saturated rings. The average molecular weight is 297 g/mol. The number of aliphatic hydroxyl groups is 1. The van der Waals surface area contributed by atoms with Crippen LogP contribution in [0.25, 0.3) is 0 Å². The van der Waals surface area contributed by atoms with E-state index in [1.807, 2.05) is 5.38 Å². The van der Waals surface area contributed by atoms with Crippen LogP contribution in [-0.4, -0.2) is 35.8 Å². The first kappa shape index (κ1) is 15.3. The largest absolute Gasteiger partial charge is 0.449 e. The lowest BCUT2D eigenvalue weighted by atomic mass is 9.89. The highest BCUT2D eigenvalue weighted by Gasteiger charge is 2.26. The Labute approximate surface area is 124 Å². The Balaban J connectivity index is 1.81. The second kappa shape index (κ2) is 7.64. The van der Waals surface area contributed by atoms with E-state index in [9.17, 15) is 9.90 Å². The molecule has 0 aromatic carbocycles. The van der Waals surface area contributed by atoms with E-state index in [0.717, 1.165) is 44.3 Å². The van der Waals surface area contributed by atoms with Crippen molar-refractivity contribution in [3.63, 3.8) is 0 Å². The Morgan fingerprint density at radius 1 is 1.45 bits per heavy atom. The van der Waals surface area contributed by atoms with Gasteiger partial charge in [-0.3, -0.25) is 0 Å². The zero-order valence-electron chi connectivity index (χ0n) is 12.0. The number of likely N-dealkylation sites (tertiary alicyclic amines) is 1. The molecule has 1 aromatic rings. The van der Waals surface area contributed by atoms with Crippen molar-refractivity contribution in [1.82, 2.24) is 4.90 Å². The number of unbranched alkanes of at least 4 members (excludes halogenated alkanes) is 1. The fourth-order valence-electron chi connectivity index (χ4n) is 2.59. The number of nitrogens with zero attached hydrogens (tertiary/aromatic N) is 1. The maximum absolute atomic E-state index is 11.9. The van der Waals surface area contributed by atoms with Gasteiger partial charge >= 0.3 is 6.09 Å². The fourth-order valence-corrected chi connectivity index (χ4v) is 3.52. The van der Waals surface area contributed by atoms with Crippen LogP contribution in [0.4, 0.5) is 4.79 Å². The number of thiophene rings is 1. The van der Waals surface area contributed by atoms with Gasteiger partial charge in [-0.25, -0.2) is 4.79 Å². The van der Waals surface area contributed by atoms with E-state index in [4.69, 9.17) is 4.74 Å². The molecule has 1 saturated heterocycles. The number of hydrogen-bond acceptors (Lipinski definition) is 4. The molecule has 1 N–H and O–H groups in total. The summed E-state index contributed by atoms with van der Waals surface area (Å²) in [6.45, 7) is 4.21. The van der Waals surface area contributed by atoms with Crippen LogP contribution in [0.5, 0.6) is 0 Å². The summed E-state index contributed by atoms with van der Waals surface area (Å²) in [6.07, 6.45) is 3.69. The highest BCUT2D eigenvalue weighted by Crippen LogP contribution is 2.32. The zero-order valence-corrected chi connectivity index (χ0v) is 12.8. The fraction of sp³-hybridized carbons (Fsp3) is 0.667. The van der Waals surface area contributed by atoms with Crippen molar-refractivity contribution >= 4 is 17.4 Å². The lowest BCUT2D eigenvalue weighted by Crippen LogP contribution is -2.38. The minimum atomic E-state index is -0.176. The van der Waals surface area contributed by atoms with Crippen LogP contribution >= 0.6 is 11.3 Å². The molecule has 1 aliphatic heterocycles. The van der Waals surface area contributed by atoms with Crippen LogP contribution in [0, 0.1) is 0 Å². The first-order valence-electron chi connectivity index (χ1n) is 7.33. The molecule has 112 valence electrons. The summed E-state index contributed by atoms with van der Waals surface area (Å²) in [5.41, 5.74) is 2.30. The third-order valence-electron chi connectivity index (χ3n) is 3.86. The minimum Gasteiger partial charge on any atom is -0.449 e. The molecule has 0 unspecified atom stereocenters. The van der Waals surface area contributed by atoms with Crippen molar-refractivity contribution in [3.8, 4) is 0 Å². The highest BCUT2D eigenvalue weighted by molar-refractivity contribution is 7.08. The van der Waals surface area contributed by atoms with E-state index >= 15 is 0 Å². The topological polar surface area (TPSA) is 49.8 Å². The maximum Gasteiger partial charge on any atom is 0.409 e. The molecule has 20 heavy (non-hydrogen) atoms. The normalized spacial score (nSPS) is 16.4. The monoisotopic (exact) mass is 297 g/mol. The van der Waals surface area contributed by atoms with E-state index in [1.54, 1.807) is 16.2 Å². The van der Waals surface area contributed by atoms with Gasteiger partial charge in [-0.15, -0.1) is 0 Å². The second-order valence-corrected chi connectivity index (χ2v) is 5.98. The molecular weight excluding hydrogens is 274 g/mol. The molecule has 2 heterocycles. The second-order valence-electron chi connectivity index (χ2n) is 5.24. The quantitative estimate of drug-likeness (QED) is 0.848. The van der Waals surface area contributed by atoms with Crippen molar-refractivity contribution in [2.75, 3.05) is 19.7 Å². The lowest BCUT2D eigenvalue weighted by Gasteiger charge is -2.31. The molecule has 0 bridgehead atoms. The number of aliphatic hydroxyl groups excluding tert-OH is 1. The SMILES string of the molecule is CCCCOC(=O)N1CCC(c2cscc2CO)CC1. The molecule has 0 aliphatic carbocycles. The summed E-state index contributed by atoms with van der Waals surface area (Å²) in [4.78, 5) is 13.7. The summed E-state index contributed by atoms with van der Waals surface area (Å²) in [5, 5.41) is 13.5. The van der Waals surface area contributed by atoms with Gasteiger partial charge < -0.3 is 14.7 Å². The molecule has 5 heteroatoms. The van der Waals surface area contributed by atoms with Gasteiger partial charge in [-0.05, 0) is 47.1 Å². The Morgan fingerprint density at radius 3 is 2.85 bits per heavy atom. The summed E-state index contributed by atoms with van der Waals surface area (Å²) >= 11 is 1.64. The summed E-state index contributed by atoms with van der Waals surface area (Å²) in [6, 6.07) is 0. The number of ether oxygens (including phenoxy) is 1. The summed E-state index contributed by atoms with van der Waals surface area (Å²) < 4.78 is 5.24. The Bertz CT molecular complexity index is 425. The molecule has 0 spiro atoms. The minimum absolute atomic E-state index is 0.109. The van der Waals surface area contributed by atoms with Crippen LogP contribution in [-0.2, 0) is 11.3 Å². The Morgan fingerprint density at radius 2 is 2.20 bits per heavy atom. The predicted octanol–water partition coefficient (Wildman–Crippen LogP) is 3.36. The van der Waals surface area contributed by atoms with Crippen LogP contribution in [0.2, 0.25) is 0 Å². The first-order chi connectivity index (χ1) is 9.76. The smallest absolute Gasteiger partial charge is 0.409 e. The third-order valence-corrected chi connectivity index (χ3v) is 4.67. The van der Waals surface area contributed by atoms with Crippen LogP contribution < -0.4 is 0 Å². The Kier molecular flexibility index (Phi) is 5.86. The van der Waals surface area contributed by atoms with Gasteiger partial charge in [0.25, 0.3) is 0 Å². The molecule has 0 saturated carbocycles. The number of amides is 1. The first-order valence-corrected chi connectivity index (χ1v) is 8.28. The summed E-state index contributed by atoms with van der Waals surface area (Å²) in [5.74, 6) is 0.461. The lowest BCUT2D eigenvalue weighted by molar-refractivity contribution is 0.0915. The van der Waals surface area contributed by atoms with Gasteiger partial charge in [-0.2, -0.15) is 11.3 Å². The van der Waals surface area contributed by atoms with Crippen LogP contribution in [0.15, 0.2) is 10.8 Å². The molecule has 0 radical (unpaired) electrons. The molecule has 4 nitrogen and oxygen atoms in total. The molecule has 1 aliphatic rings. The van der Waals surface area contributed by atoms with Gasteiger partial charge in [0.1, 0.15) is 0 Å². The number of rotatable bonds is 5. The van der Waals surface area contributed by atoms with Gasteiger partial charge in [-0.1, -0.05) is 13.3 Å². The van der Waals surface area contributed by atoms with Crippen molar-refractivity contribution in [3.05, 3.63) is 21.9 Å². The molecular formula is C15H23NO3S. The van der Waals surface area contributed by atoms with Gasteiger partial charge in [0.2, 0.25) is 0 Å².